The zero-order valence-corrected chi connectivity index (χ0v) is 18.2. The van der Waals surface area contributed by atoms with Crippen molar-refractivity contribution in [3.8, 4) is 5.75 Å². The Bertz CT molecular complexity index is 604. The van der Waals surface area contributed by atoms with Crippen LogP contribution >= 0.6 is 39.9 Å². The Morgan fingerprint density at radius 1 is 1.28 bits per heavy atom. The van der Waals surface area contributed by atoms with E-state index < -0.39 is 0 Å². The van der Waals surface area contributed by atoms with E-state index in [1.807, 2.05) is 41.2 Å². The first-order chi connectivity index (χ1) is 11.8. The van der Waals surface area contributed by atoms with Crippen LogP contribution in [0.4, 0.5) is 0 Å². The van der Waals surface area contributed by atoms with Crippen molar-refractivity contribution in [2.45, 2.75) is 19.9 Å². The van der Waals surface area contributed by atoms with Gasteiger partial charge in [0.25, 0.3) is 0 Å². The molecule has 0 aliphatic carbocycles. The van der Waals surface area contributed by atoms with Gasteiger partial charge in [-0.2, -0.15) is 5.10 Å². The minimum absolute atomic E-state index is 0. The number of halogens is 2. The molecule has 0 amide bonds. The quantitative estimate of drug-likeness (QED) is 0.230. The maximum Gasteiger partial charge on any atom is 0.191 e. The molecule has 0 atom stereocenters. The number of rotatable bonds is 9. The van der Waals surface area contributed by atoms with Crippen molar-refractivity contribution in [1.29, 1.82) is 0 Å². The molecule has 0 unspecified atom stereocenters. The van der Waals surface area contributed by atoms with Crippen LogP contribution in [0.15, 0.2) is 52.2 Å². The van der Waals surface area contributed by atoms with E-state index in [1.165, 1.54) is 0 Å². The van der Waals surface area contributed by atoms with Crippen LogP contribution in [0.3, 0.4) is 0 Å². The standard InChI is InChI=1S/C17H24BrN5O.HI/c1-2-19-17(20-9-3-12-23-13-4-10-22-23)21-11-14-24-16-7-5-15(18)6-8-16;/h4-8,10,13H,2-3,9,11-12,14H2,1H3,(H2,19,20,21);1H. The van der Waals surface area contributed by atoms with Gasteiger partial charge >= 0.3 is 0 Å². The zero-order chi connectivity index (χ0) is 17.0. The lowest BCUT2D eigenvalue weighted by Crippen LogP contribution is -2.39. The van der Waals surface area contributed by atoms with E-state index in [9.17, 15) is 0 Å². The largest absolute Gasteiger partial charge is 0.492 e. The molecule has 0 fully saturated rings. The van der Waals surface area contributed by atoms with E-state index in [0.29, 0.717) is 13.2 Å². The van der Waals surface area contributed by atoms with Crippen LogP contribution in [-0.4, -0.2) is 42.0 Å². The number of ether oxygens (including phenoxy) is 1. The highest BCUT2D eigenvalue weighted by molar-refractivity contribution is 14.0. The van der Waals surface area contributed by atoms with Crippen LogP contribution in [0.25, 0.3) is 0 Å². The van der Waals surface area contributed by atoms with E-state index in [2.05, 4.69) is 43.6 Å². The molecule has 0 radical (unpaired) electrons. The third-order valence-corrected chi connectivity index (χ3v) is 3.72. The van der Waals surface area contributed by atoms with E-state index >= 15 is 0 Å². The van der Waals surface area contributed by atoms with Crippen molar-refractivity contribution < 1.29 is 4.74 Å². The summed E-state index contributed by atoms with van der Waals surface area (Å²) >= 11 is 3.41. The van der Waals surface area contributed by atoms with Crippen LogP contribution in [0.2, 0.25) is 0 Å². The predicted molar refractivity (Wildman–Crippen MR) is 116 cm³/mol. The van der Waals surface area contributed by atoms with Crippen LogP contribution < -0.4 is 15.4 Å². The molecule has 8 heteroatoms. The van der Waals surface area contributed by atoms with Crippen molar-refractivity contribution in [2.24, 2.45) is 4.99 Å². The summed E-state index contributed by atoms with van der Waals surface area (Å²) in [6.45, 7) is 5.80. The van der Waals surface area contributed by atoms with Gasteiger partial charge in [0.2, 0.25) is 0 Å². The molecule has 2 aromatic rings. The summed E-state index contributed by atoms with van der Waals surface area (Å²) < 4.78 is 8.65. The molecule has 138 valence electrons. The number of nitrogens with one attached hydrogen (secondary N) is 2. The van der Waals surface area contributed by atoms with Crippen molar-refractivity contribution in [3.05, 3.63) is 47.2 Å². The first kappa shape index (κ1) is 21.8. The third kappa shape index (κ3) is 9.10. The molecule has 6 nitrogen and oxygen atoms in total. The zero-order valence-electron chi connectivity index (χ0n) is 14.3. The molecule has 25 heavy (non-hydrogen) atoms. The number of guanidine groups is 1. The molecule has 0 aliphatic rings. The summed E-state index contributed by atoms with van der Waals surface area (Å²) in [5.74, 6) is 1.68. The summed E-state index contributed by atoms with van der Waals surface area (Å²) in [7, 11) is 0. The van der Waals surface area contributed by atoms with Gasteiger partial charge in [-0.25, -0.2) is 0 Å². The van der Waals surface area contributed by atoms with E-state index in [1.54, 1.807) is 6.20 Å². The number of nitrogens with zero attached hydrogens (tertiary/aromatic N) is 3. The van der Waals surface area contributed by atoms with Crippen molar-refractivity contribution in [3.63, 3.8) is 0 Å². The highest BCUT2D eigenvalue weighted by Gasteiger charge is 1.98. The summed E-state index contributed by atoms with van der Waals surface area (Å²) in [5, 5.41) is 10.7. The van der Waals surface area contributed by atoms with E-state index in [4.69, 9.17) is 4.74 Å². The normalized spacial score (nSPS) is 10.9. The fourth-order valence-corrected chi connectivity index (χ4v) is 2.33. The molecule has 0 saturated heterocycles. The second kappa shape index (κ2) is 13.0. The lowest BCUT2D eigenvalue weighted by atomic mass is 10.3. The highest BCUT2D eigenvalue weighted by Crippen LogP contribution is 2.15. The Kier molecular flexibility index (Phi) is 11.3. The molecule has 2 N–H and O–H groups in total. The molecular weight excluding hydrogens is 497 g/mol. The first-order valence-corrected chi connectivity index (χ1v) is 8.95. The van der Waals surface area contributed by atoms with Gasteiger partial charge in [0.05, 0.1) is 6.54 Å². The number of aryl methyl sites for hydroxylation is 1. The van der Waals surface area contributed by atoms with Crippen LogP contribution in [0, 0.1) is 0 Å². The number of aromatic nitrogens is 2. The second-order valence-corrected chi connectivity index (χ2v) is 6.03. The molecule has 0 aliphatic heterocycles. The van der Waals surface area contributed by atoms with Gasteiger partial charge in [-0.3, -0.25) is 9.67 Å². The average molecular weight is 522 g/mol. The monoisotopic (exact) mass is 521 g/mol. The first-order valence-electron chi connectivity index (χ1n) is 8.16. The SMILES string of the molecule is CCNC(=NCCCn1cccn1)NCCOc1ccc(Br)cc1.I. The summed E-state index contributed by atoms with van der Waals surface area (Å²) in [5.41, 5.74) is 0. The number of aliphatic imine (C=N–C) groups is 1. The van der Waals surface area contributed by atoms with Gasteiger partial charge in [0, 0.05) is 36.5 Å². The van der Waals surface area contributed by atoms with Gasteiger partial charge in [0.1, 0.15) is 12.4 Å². The summed E-state index contributed by atoms with van der Waals surface area (Å²) in [6.07, 6.45) is 4.71. The van der Waals surface area contributed by atoms with Crippen LogP contribution in [-0.2, 0) is 6.54 Å². The third-order valence-electron chi connectivity index (χ3n) is 3.20. The van der Waals surface area contributed by atoms with Crippen LogP contribution in [0.5, 0.6) is 5.75 Å². The average Bonchev–Trinajstić information content (AvgIpc) is 3.10. The fourth-order valence-electron chi connectivity index (χ4n) is 2.07. The highest BCUT2D eigenvalue weighted by atomic mass is 127. The number of benzene rings is 1. The topological polar surface area (TPSA) is 63.5 Å². The van der Waals surface area contributed by atoms with Crippen molar-refractivity contribution >= 4 is 45.9 Å². The number of hydrogen-bond donors (Lipinski definition) is 2. The molecule has 1 aromatic heterocycles. The van der Waals surface area contributed by atoms with Crippen LogP contribution in [0.1, 0.15) is 13.3 Å². The van der Waals surface area contributed by atoms with E-state index in [-0.39, 0.29) is 24.0 Å². The van der Waals surface area contributed by atoms with Gasteiger partial charge in [-0.1, -0.05) is 15.9 Å². The van der Waals surface area contributed by atoms with Gasteiger partial charge in [-0.05, 0) is 43.7 Å². The molecule has 0 spiro atoms. The minimum Gasteiger partial charge on any atom is -0.492 e. The lowest BCUT2D eigenvalue weighted by Gasteiger charge is -2.12. The second-order valence-electron chi connectivity index (χ2n) is 5.11. The molecule has 2 rings (SSSR count). The minimum atomic E-state index is 0. The smallest absolute Gasteiger partial charge is 0.191 e. The Morgan fingerprint density at radius 2 is 2.08 bits per heavy atom. The summed E-state index contributed by atoms with van der Waals surface area (Å²) in [4.78, 5) is 4.56. The Hall–Kier alpha value is -1.29. The van der Waals surface area contributed by atoms with E-state index in [0.717, 1.165) is 42.2 Å². The fraction of sp³-hybridized carbons (Fsp3) is 0.412. The Labute approximate surface area is 174 Å². The maximum atomic E-state index is 5.69. The van der Waals surface area contributed by atoms with Gasteiger partial charge in [0.15, 0.2) is 5.96 Å². The Morgan fingerprint density at radius 3 is 2.76 bits per heavy atom. The van der Waals surface area contributed by atoms with Crippen molar-refractivity contribution in [1.82, 2.24) is 20.4 Å². The Balaban J connectivity index is 0.00000312. The predicted octanol–water partition coefficient (Wildman–Crippen LogP) is 3.29. The number of hydrogen-bond acceptors (Lipinski definition) is 3. The van der Waals surface area contributed by atoms with Gasteiger partial charge < -0.3 is 15.4 Å². The molecule has 1 aromatic carbocycles. The molecule has 1 heterocycles. The maximum absolute atomic E-state index is 5.69. The molecular formula is C17H25BrIN5O. The van der Waals surface area contributed by atoms with Crippen molar-refractivity contribution in [2.75, 3.05) is 26.2 Å². The molecule has 0 saturated carbocycles. The molecule has 0 bridgehead atoms. The summed E-state index contributed by atoms with van der Waals surface area (Å²) in [6, 6.07) is 9.75. The van der Waals surface area contributed by atoms with Gasteiger partial charge in [-0.15, -0.1) is 24.0 Å². The lowest BCUT2D eigenvalue weighted by molar-refractivity contribution is 0.322.